The highest BCUT2D eigenvalue weighted by Crippen LogP contribution is 2.19. The van der Waals surface area contributed by atoms with E-state index >= 15 is 0 Å². The van der Waals surface area contributed by atoms with Gasteiger partial charge < -0.3 is 14.6 Å². The summed E-state index contributed by atoms with van der Waals surface area (Å²) in [6.45, 7) is 5.40. The zero-order valence-corrected chi connectivity index (χ0v) is 11.9. The Labute approximate surface area is 118 Å². The number of carbonyl (C=O) groups excluding carboxylic acids is 1. The predicted octanol–water partition coefficient (Wildman–Crippen LogP) is 2.35. The van der Waals surface area contributed by atoms with Crippen molar-refractivity contribution < 1.29 is 9.53 Å². The lowest BCUT2D eigenvalue weighted by molar-refractivity contribution is -0.142. The number of para-hydroxylation sites is 1. The predicted molar refractivity (Wildman–Crippen MR) is 78.6 cm³/mol. The van der Waals surface area contributed by atoms with E-state index in [9.17, 15) is 4.79 Å². The van der Waals surface area contributed by atoms with Crippen molar-refractivity contribution in [2.75, 3.05) is 13.1 Å². The summed E-state index contributed by atoms with van der Waals surface area (Å²) >= 11 is 0. The van der Waals surface area contributed by atoms with Gasteiger partial charge in [0.25, 0.3) is 0 Å². The van der Waals surface area contributed by atoms with E-state index < -0.39 is 0 Å². The van der Waals surface area contributed by atoms with E-state index in [1.165, 1.54) is 0 Å². The number of aromatic nitrogens is 1. The molecule has 2 heterocycles. The van der Waals surface area contributed by atoms with Crippen molar-refractivity contribution in [3.05, 3.63) is 36.0 Å². The van der Waals surface area contributed by atoms with Crippen LogP contribution in [-0.2, 0) is 16.0 Å². The maximum absolute atomic E-state index is 12.5. The Bertz CT molecular complexity index is 610. The largest absolute Gasteiger partial charge is 0.372 e. The van der Waals surface area contributed by atoms with E-state index in [0.717, 1.165) is 16.5 Å². The summed E-state index contributed by atoms with van der Waals surface area (Å²) in [6.07, 6.45) is 2.62. The van der Waals surface area contributed by atoms with E-state index in [2.05, 4.69) is 11.1 Å². The molecule has 0 radical (unpaired) electrons. The molecular formula is C16H20N2O2. The summed E-state index contributed by atoms with van der Waals surface area (Å²) < 4.78 is 5.67. The number of fused-ring (bicyclic) bond motifs is 1. The van der Waals surface area contributed by atoms with Gasteiger partial charge in [-0.2, -0.15) is 0 Å². The number of hydrogen-bond acceptors (Lipinski definition) is 2. The van der Waals surface area contributed by atoms with Gasteiger partial charge in [-0.15, -0.1) is 0 Å². The van der Waals surface area contributed by atoms with Crippen LogP contribution in [0.15, 0.2) is 30.5 Å². The van der Waals surface area contributed by atoms with Crippen molar-refractivity contribution in [1.82, 2.24) is 9.88 Å². The molecule has 1 aromatic heterocycles. The molecule has 4 nitrogen and oxygen atoms in total. The maximum Gasteiger partial charge on any atom is 0.227 e. The van der Waals surface area contributed by atoms with Gasteiger partial charge >= 0.3 is 0 Å². The molecule has 1 N–H and O–H groups in total. The third kappa shape index (κ3) is 2.56. The fourth-order valence-corrected chi connectivity index (χ4v) is 2.93. The molecule has 0 spiro atoms. The summed E-state index contributed by atoms with van der Waals surface area (Å²) in [4.78, 5) is 17.6. The number of rotatable bonds is 2. The van der Waals surface area contributed by atoms with Crippen LogP contribution in [0, 0.1) is 0 Å². The number of ether oxygens (including phenoxy) is 1. The summed E-state index contributed by atoms with van der Waals surface area (Å²) in [7, 11) is 0. The molecule has 20 heavy (non-hydrogen) atoms. The lowest BCUT2D eigenvalue weighted by Gasteiger charge is -2.35. The van der Waals surface area contributed by atoms with Crippen molar-refractivity contribution >= 4 is 16.8 Å². The van der Waals surface area contributed by atoms with Crippen LogP contribution in [0.2, 0.25) is 0 Å². The van der Waals surface area contributed by atoms with Crippen LogP contribution < -0.4 is 0 Å². The zero-order chi connectivity index (χ0) is 14.1. The Kier molecular flexibility index (Phi) is 3.49. The van der Waals surface area contributed by atoms with Gasteiger partial charge in [-0.1, -0.05) is 18.2 Å². The highest BCUT2D eigenvalue weighted by atomic mass is 16.5. The third-order valence-corrected chi connectivity index (χ3v) is 3.79. The molecule has 0 aliphatic carbocycles. The van der Waals surface area contributed by atoms with Crippen LogP contribution in [0.4, 0.5) is 0 Å². The smallest absolute Gasteiger partial charge is 0.227 e. The number of aromatic amines is 1. The van der Waals surface area contributed by atoms with Crippen LogP contribution in [-0.4, -0.2) is 41.1 Å². The van der Waals surface area contributed by atoms with Crippen LogP contribution in [0.25, 0.3) is 10.9 Å². The summed E-state index contributed by atoms with van der Waals surface area (Å²) in [5.41, 5.74) is 2.15. The topological polar surface area (TPSA) is 45.3 Å². The third-order valence-electron chi connectivity index (χ3n) is 3.79. The number of nitrogens with zero attached hydrogens (tertiary/aromatic N) is 1. The fourth-order valence-electron chi connectivity index (χ4n) is 2.93. The first kappa shape index (κ1) is 13.2. The second kappa shape index (κ2) is 5.29. The van der Waals surface area contributed by atoms with Crippen LogP contribution in [0.3, 0.4) is 0 Å². The van der Waals surface area contributed by atoms with Crippen molar-refractivity contribution in [2.24, 2.45) is 0 Å². The van der Waals surface area contributed by atoms with Crippen molar-refractivity contribution in [1.29, 1.82) is 0 Å². The minimum absolute atomic E-state index is 0.116. The summed E-state index contributed by atoms with van der Waals surface area (Å²) in [5.74, 6) is 0.178. The molecule has 2 atom stereocenters. The standard InChI is InChI=1S/C16H20N2O2/c1-11-9-18(10-12(2)20-11)16(19)7-13-8-17-15-6-4-3-5-14(13)15/h3-6,8,11-12,17H,7,9-10H2,1-2H3/t11-,12-/m0/s1. The molecule has 1 amide bonds. The Morgan fingerprint density at radius 3 is 2.75 bits per heavy atom. The molecule has 1 aromatic carbocycles. The molecule has 3 rings (SSSR count). The summed E-state index contributed by atoms with van der Waals surface area (Å²) in [6, 6.07) is 8.08. The van der Waals surface area contributed by atoms with E-state index in [4.69, 9.17) is 4.74 Å². The average molecular weight is 272 g/mol. The second-order valence-electron chi connectivity index (χ2n) is 5.59. The zero-order valence-electron chi connectivity index (χ0n) is 11.9. The number of amides is 1. The molecule has 1 fully saturated rings. The number of hydrogen-bond donors (Lipinski definition) is 1. The van der Waals surface area contributed by atoms with Gasteiger partial charge in [0.2, 0.25) is 5.91 Å². The molecule has 106 valence electrons. The first-order chi connectivity index (χ1) is 9.63. The Hall–Kier alpha value is -1.81. The SMILES string of the molecule is C[C@H]1CN(C(=O)Cc2c[nH]c3ccccc23)C[C@H](C)O1. The molecule has 0 bridgehead atoms. The minimum atomic E-state index is 0.116. The minimum Gasteiger partial charge on any atom is -0.372 e. The Balaban J connectivity index is 1.75. The van der Waals surface area contributed by atoms with Gasteiger partial charge in [0, 0.05) is 30.2 Å². The number of nitrogens with one attached hydrogen (secondary N) is 1. The molecule has 2 aromatic rings. The van der Waals surface area contributed by atoms with Gasteiger partial charge in [-0.3, -0.25) is 4.79 Å². The molecule has 0 unspecified atom stereocenters. The van der Waals surface area contributed by atoms with E-state index in [1.54, 1.807) is 0 Å². The Morgan fingerprint density at radius 1 is 1.30 bits per heavy atom. The van der Waals surface area contributed by atoms with Crippen molar-refractivity contribution in [3.8, 4) is 0 Å². The molecule has 1 saturated heterocycles. The van der Waals surface area contributed by atoms with Crippen LogP contribution in [0.5, 0.6) is 0 Å². The fraction of sp³-hybridized carbons (Fsp3) is 0.438. The van der Waals surface area contributed by atoms with Crippen molar-refractivity contribution in [3.63, 3.8) is 0 Å². The number of H-pyrrole nitrogens is 1. The molecule has 0 saturated carbocycles. The number of morpholine rings is 1. The highest BCUT2D eigenvalue weighted by molar-refractivity contribution is 5.88. The number of benzene rings is 1. The van der Waals surface area contributed by atoms with E-state index in [-0.39, 0.29) is 18.1 Å². The Morgan fingerprint density at radius 2 is 2.00 bits per heavy atom. The van der Waals surface area contributed by atoms with Crippen molar-refractivity contribution in [2.45, 2.75) is 32.5 Å². The monoisotopic (exact) mass is 272 g/mol. The van der Waals surface area contributed by atoms with E-state index in [1.807, 2.05) is 43.1 Å². The molecule has 1 aliphatic rings. The lowest BCUT2D eigenvalue weighted by Crippen LogP contribution is -2.48. The molecule has 4 heteroatoms. The van der Waals surface area contributed by atoms with Crippen LogP contribution >= 0.6 is 0 Å². The average Bonchev–Trinajstić information content (AvgIpc) is 2.81. The lowest BCUT2D eigenvalue weighted by atomic mass is 10.1. The second-order valence-corrected chi connectivity index (χ2v) is 5.59. The molecule has 1 aliphatic heterocycles. The van der Waals surface area contributed by atoms with Gasteiger partial charge in [-0.05, 0) is 25.5 Å². The molecular weight excluding hydrogens is 252 g/mol. The number of carbonyl (C=O) groups is 1. The van der Waals surface area contributed by atoms with Gasteiger partial charge in [0.15, 0.2) is 0 Å². The normalized spacial score (nSPS) is 23.2. The van der Waals surface area contributed by atoms with Gasteiger partial charge in [0.05, 0.1) is 18.6 Å². The first-order valence-electron chi connectivity index (χ1n) is 7.11. The van der Waals surface area contributed by atoms with Gasteiger partial charge in [-0.25, -0.2) is 0 Å². The first-order valence-corrected chi connectivity index (χ1v) is 7.11. The van der Waals surface area contributed by atoms with E-state index in [0.29, 0.717) is 19.5 Å². The highest BCUT2D eigenvalue weighted by Gasteiger charge is 2.26. The maximum atomic E-state index is 12.5. The van der Waals surface area contributed by atoms with Crippen LogP contribution in [0.1, 0.15) is 19.4 Å². The quantitative estimate of drug-likeness (QED) is 0.912. The van der Waals surface area contributed by atoms with Gasteiger partial charge in [0.1, 0.15) is 0 Å². The summed E-state index contributed by atoms with van der Waals surface area (Å²) in [5, 5.41) is 1.13.